The summed E-state index contributed by atoms with van der Waals surface area (Å²) in [5.74, 6) is 0.123. The van der Waals surface area contributed by atoms with Crippen LogP contribution in [0, 0.1) is 0 Å². The van der Waals surface area contributed by atoms with Crippen LogP contribution < -0.4 is 5.32 Å². The predicted molar refractivity (Wildman–Crippen MR) is 59.1 cm³/mol. The standard InChI is InChI=1S/C11H7F6N3/c1-18-8-3-2-5-6(10(12,13)14)4-7(11(15,16)17)19-9(5)20-8/h2-4H,1H3,(H,18,19,20). The zero-order valence-electron chi connectivity index (χ0n) is 9.89. The van der Waals surface area contributed by atoms with Crippen molar-refractivity contribution in [3.05, 3.63) is 29.5 Å². The molecular weight excluding hydrogens is 288 g/mol. The van der Waals surface area contributed by atoms with Crippen molar-refractivity contribution in [1.29, 1.82) is 0 Å². The molecule has 2 aromatic rings. The highest BCUT2D eigenvalue weighted by molar-refractivity contribution is 5.81. The average Bonchev–Trinajstić information content (AvgIpc) is 2.34. The lowest BCUT2D eigenvalue weighted by molar-refractivity contribution is -0.144. The molecule has 0 radical (unpaired) electrons. The molecule has 2 heterocycles. The summed E-state index contributed by atoms with van der Waals surface area (Å²) in [7, 11) is 1.44. The third-order valence-corrected chi connectivity index (χ3v) is 2.52. The van der Waals surface area contributed by atoms with Gasteiger partial charge in [0.1, 0.15) is 11.5 Å². The van der Waals surface area contributed by atoms with Crippen molar-refractivity contribution in [3.63, 3.8) is 0 Å². The molecule has 0 saturated carbocycles. The Morgan fingerprint density at radius 2 is 1.60 bits per heavy atom. The van der Waals surface area contributed by atoms with Crippen LogP contribution in [0.25, 0.3) is 11.0 Å². The van der Waals surface area contributed by atoms with Crippen molar-refractivity contribution in [3.8, 4) is 0 Å². The van der Waals surface area contributed by atoms with Crippen LogP contribution in [-0.4, -0.2) is 17.0 Å². The van der Waals surface area contributed by atoms with Crippen LogP contribution in [-0.2, 0) is 12.4 Å². The fraction of sp³-hybridized carbons (Fsp3) is 0.273. The van der Waals surface area contributed by atoms with Gasteiger partial charge < -0.3 is 5.32 Å². The third kappa shape index (κ3) is 2.61. The third-order valence-electron chi connectivity index (χ3n) is 2.52. The van der Waals surface area contributed by atoms with Crippen LogP contribution in [0.5, 0.6) is 0 Å². The smallest absolute Gasteiger partial charge is 0.373 e. The van der Waals surface area contributed by atoms with E-state index in [2.05, 4.69) is 15.3 Å². The Labute approximate surface area is 108 Å². The Morgan fingerprint density at radius 1 is 0.950 bits per heavy atom. The van der Waals surface area contributed by atoms with E-state index >= 15 is 0 Å². The number of rotatable bonds is 1. The molecule has 0 saturated heterocycles. The molecule has 0 aliphatic rings. The average molecular weight is 295 g/mol. The number of fused-ring (bicyclic) bond motifs is 1. The molecule has 0 aromatic carbocycles. The second-order valence-electron chi connectivity index (χ2n) is 3.87. The van der Waals surface area contributed by atoms with E-state index in [9.17, 15) is 26.3 Å². The van der Waals surface area contributed by atoms with Crippen molar-refractivity contribution in [1.82, 2.24) is 9.97 Å². The molecule has 108 valence electrons. The van der Waals surface area contributed by atoms with Gasteiger partial charge in [-0.1, -0.05) is 0 Å². The van der Waals surface area contributed by atoms with Gasteiger partial charge in [-0.3, -0.25) is 0 Å². The zero-order chi connectivity index (χ0) is 15.1. The minimum Gasteiger partial charge on any atom is -0.373 e. The van der Waals surface area contributed by atoms with E-state index in [1.54, 1.807) is 0 Å². The van der Waals surface area contributed by atoms with E-state index in [0.717, 1.165) is 6.07 Å². The highest BCUT2D eigenvalue weighted by atomic mass is 19.4. The summed E-state index contributed by atoms with van der Waals surface area (Å²) in [4.78, 5) is 6.77. The van der Waals surface area contributed by atoms with Gasteiger partial charge in [0.15, 0.2) is 5.65 Å². The predicted octanol–water partition coefficient (Wildman–Crippen LogP) is 3.71. The summed E-state index contributed by atoms with van der Waals surface area (Å²) in [5.41, 5.74) is -3.65. The topological polar surface area (TPSA) is 37.8 Å². The molecule has 1 N–H and O–H groups in total. The molecule has 9 heteroatoms. The first-order valence-corrected chi connectivity index (χ1v) is 5.27. The van der Waals surface area contributed by atoms with E-state index < -0.39 is 34.6 Å². The molecule has 0 amide bonds. The van der Waals surface area contributed by atoms with E-state index in [-0.39, 0.29) is 11.9 Å². The van der Waals surface area contributed by atoms with Crippen molar-refractivity contribution in [2.45, 2.75) is 12.4 Å². The number of alkyl halides is 6. The van der Waals surface area contributed by atoms with Gasteiger partial charge in [0, 0.05) is 12.4 Å². The highest BCUT2D eigenvalue weighted by Gasteiger charge is 2.39. The van der Waals surface area contributed by atoms with Crippen LogP contribution in [0.1, 0.15) is 11.3 Å². The lowest BCUT2D eigenvalue weighted by atomic mass is 10.1. The molecule has 0 spiro atoms. The fourth-order valence-electron chi connectivity index (χ4n) is 1.62. The molecule has 3 nitrogen and oxygen atoms in total. The van der Waals surface area contributed by atoms with Gasteiger partial charge >= 0.3 is 12.4 Å². The largest absolute Gasteiger partial charge is 0.433 e. The Balaban J connectivity index is 2.82. The maximum Gasteiger partial charge on any atom is 0.433 e. The van der Waals surface area contributed by atoms with Crippen LogP contribution in [0.3, 0.4) is 0 Å². The van der Waals surface area contributed by atoms with Crippen molar-refractivity contribution in [2.75, 3.05) is 12.4 Å². The molecule has 0 fully saturated rings. The summed E-state index contributed by atoms with van der Waals surface area (Å²) in [6.45, 7) is 0. The van der Waals surface area contributed by atoms with Crippen LogP contribution in [0.2, 0.25) is 0 Å². The molecule has 2 rings (SSSR count). The van der Waals surface area contributed by atoms with Crippen molar-refractivity contribution >= 4 is 16.9 Å². The molecule has 0 bridgehead atoms. The fourth-order valence-corrected chi connectivity index (χ4v) is 1.62. The quantitative estimate of drug-likeness (QED) is 0.815. The van der Waals surface area contributed by atoms with Gasteiger partial charge in [-0.25, -0.2) is 9.97 Å². The van der Waals surface area contributed by atoms with Crippen LogP contribution in [0.4, 0.5) is 32.2 Å². The Hall–Kier alpha value is -2.06. The number of nitrogens with one attached hydrogen (secondary N) is 1. The van der Waals surface area contributed by atoms with Crippen molar-refractivity contribution < 1.29 is 26.3 Å². The van der Waals surface area contributed by atoms with Gasteiger partial charge in [-0.2, -0.15) is 26.3 Å². The van der Waals surface area contributed by atoms with E-state index in [1.807, 2.05) is 0 Å². The molecule has 2 aromatic heterocycles. The first-order chi connectivity index (χ1) is 9.13. The SMILES string of the molecule is CNc1ccc2c(C(F)(F)F)cc(C(F)(F)F)nc2n1. The van der Waals surface area contributed by atoms with Gasteiger partial charge in [0.2, 0.25) is 0 Å². The lowest BCUT2D eigenvalue weighted by Crippen LogP contribution is -2.14. The molecular formula is C11H7F6N3. The Morgan fingerprint density at radius 3 is 2.10 bits per heavy atom. The Kier molecular flexibility index (Phi) is 3.23. The molecule has 0 aliphatic heterocycles. The second kappa shape index (κ2) is 4.50. The van der Waals surface area contributed by atoms with Gasteiger partial charge in [-0.15, -0.1) is 0 Å². The summed E-state index contributed by atoms with van der Waals surface area (Å²) < 4.78 is 76.3. The number of anilines is 1. The maximum absolute atomic E-state index is 12.8. The number of aromatic nitrogens is 2. The summed E-state index contributed by atoms with van der Waals surface area (Å²) in [6.07, 6.45) is -9.91. The van der Waals surface area contributed by atoms with Crippen LogP contribution in [0.15, 0.2) is 18.2 Å². The van der Waals surface area contributed by atoms with Gasteiger partial charge in [0.05, 0.1) is 5.56 Å². The molecule has 0 unspecified atom stereocenters. The minimum absolute atomic E-state index is 0.0109. The van der Waals surface area contributed by atoms with Gasteiger partial charge in [0.25, 0.3) is 0 Å². The minimum atomic E-state index is -4.98. The monoisotopic (exact) mass is 295 g/mol. The summed E-state index contributed by atoms with van der Waals surface area (Å²) in [6, 6.07) is 2.25. The summed E-state index contributed by atoms with van der Waals surface area (Å²) in [5, 5.41) is 2.04. The number of halogens is 6. The lowest BCUT2D eigenvalue weighted by Gasteiger charge is -2.14. The van der Waals surface area contributed by atoms with Crippen LogP contribution >= 0.6 is 0 Å². The zero-order valence-corrected chi connectivity index (χ0v) is 9.89. The number of nitrogens with zero attached hydrogens (tertiary/aromatic N) is 2. The molecule has 0 aliphatic carbocycles. The number of hydrogen-bond acceptors (Lipinski definition) is 3. The van der Waals surface area contributed by atoms with Gasteiger partial charge in [-0.05, 0) is 18.2 Å². The first-order valence-electron chi connectivity index (χ1n) is 5.27. The number of pyridine rings is 2. The summed E-state index contributed by atoms with van der Waals surface area (Å²) >= 11 is 0. The second-order valence-corrected chi connectivity index (χ2v) is 3.87. The van der Waals surface area contributed by atoms with E-state index in [0.29, 0.717) is 0 Å². The first kappa shape index (κ1) is 14.4. The molecule has 0 atom stereocenters. The van der Waals surface area contributed by atoms with Crippen molar-refractivity contribution in [2.24, 2.45) is 0 Å². The van der Waals surface area contributed by atoms with E-state index in [1.165, 1.54) is 13.1 Å². The maximum atomic E-state index is 12.8. The highest BCUT2D eigenvalue weighted by Crippen LogP contribution is 2.38. The Bertz CT molecular complexity index is 647. The molecule has 20 heavy (non-hydrogen) atoms. The number of hydrogen-bond donors (Lipinski definition) is 1. The van der Waals surface area contributed by atoms with E-state index in [4.69, 9.17) is 0 Å². The normalized spacial score (nSPS) is 12.8.